The Bertz CT molecular complexity index is 1650. The van der Waals surface area contributed by atoms with Crippen LogP contribution in [0, 0.1) is 17.7 Å². The van der Waals surface area contributed by atoms with E-state index in [0.29, 0.717) is 36.4 Å². The fraction of sp³-hybridized carbons (Fsp3) is 0.594. The standard InChI is InChI=1S/C32H41FN6O8S/c1-4-20-13-32(20,29(42)36-48(45,46)22-8-9-22)35-27(40)26-12-21(47-31(44)38-14-19-6-5-7-24(33)23(19)16-38)15-39(26)28(41)25-17-37(30(43)34-25)11-10-18(2)3/h4-7,18,20-22,25-26H,1,8-17H2,2-3H3,(H,34,43)(H,35,40)(H,36,42)/t20-,21-,25+,26+,32-/m1/s1. The van der Waals surface area contributed by atoms with Crippen molar-refractivity contribution in [2.45, 2.75) is 88.0 Å². The second-order valence-corrected chi connectivity index (χ2v) is 15.8. The maximum atomic E-state index is 14.3. The van der Waals surface area contributed by atoms with E-state index in [2.05, 4.69) is 21.9 Å². The lowest BCUT2D eigenvalue weighted by molar-refractivity contribution is -0.140. The Kier molecular flexibility index (Phi) is 8.89. The van der Waals surface area contributed by atoms with Crippen LogP contribution in [0.2, 0.25) is 0 Å². The number of nitrogens with one attached hydrogen (secondary N) is 3. The Morgan fingerprint density at radius 1 is 1.19 bits per heavy atom. The summed E-state index contributed by atoms with van der Waals surface area (Å²) in [5.74, 6) is -2.82. The van der Waals surface area contributed by atoms with Crippen LogP contribution in [0.15, 0.2) is 30.9 Å². The number of likely N-dealkylation sites (tertiary alicyclic amines) is 1. The van der Waals surface area contributed by atoms with Gasteiger partial charge >= 0.3 is 12.1 Å². The van der Waals surface area contributed by atoms with E-state index in [4.69, 9.17) is 4.74 Å². The number of rotatable bonds is 11. The highest BCUT2D eigenvalue weighted by atomic mass is 32.2. The van der Waals surface area contributed by atoms with Gasteiger partial charge in [0.2, 0.25) is 21.8 Å². The summed E-state index contributed by atoms with van der Waals surface area (Å²) in [6.45, 7) is 8.25. The SMILES string of the molecule is C=C[C@@H]1C[C@]1(NC(=O)[C@@H]1C[C@@H](OC(=O)N2Cc3cccc(F)c3C2)CN1C(=O)[C@@H]1CN(CCC(C)C)C(=O)N1)C(=O)NS(=O)(=O)C1CC1. The summed E-state index contributed by atoms with van der Waals surface area (Å²) >= 11 is 0. The van der Waals surface area contributed by atoms with Crippen molar-refractivity contribution in [2.24, 2.45) is 11.8 Å². The minimum Gasteiger partial charge on any atom is -0.444 e. The minimum atomic E-state index is -3.91. The molecule has 3 aliphatic heterocycles. The van der Waals surface area contributed by atoms with E-state index in [1.54, 1.807) is 12.1 Å². The normalized spacial score (nSPS) is 27.8. The van der Waals surface area contributed by atoms with Crippen LogP contribution in [-0.4, -0.2) is 102 Å². The van der Waals surface area contributed by atoms with Crippen molar-refractivity contribution >= 4 is 39.9 Å². The van der Waals surface area contributed by atoms with Gasteiger partial charge in [0.15, 0.2) is 0 Å². The molecule has 0 spiro atoms. The predicted octanol–water partition coefficient (Wildman–Crippen LogP) is 1.36. The van der Waals surface area contributed by atoms with Gasteiger partial charge in [0, 0.05) is 31.0 Å². The third-order valence-electron chi connectivity index (χ3n) is 9.81. The van der Waals surface area contributed by atoms with Gasteiger partial charge < -0.3 is 25.2 Å². The summed E-state index contributed by atoms with van der Waals surface area (Å²) in [6, 6.07) is 2.02. The van der Waals surface area contributed by atoms with Crippen molar-refractivity contribution in [3.63, 3.8) is 0 Å². The molecule has 5 atom stereocenters. The monoisotopic (exact) mass is 688 g/mol. The molecule has 0 bridgehead atoms. The van der Waals surface area contributed by atoms with E-state index in [-0.39, 0.29) is 39.0 Å². The van der Waals surface area contributed by atoms with Gasteiger partial charge in [-0.1, -0.05) is 32.1 Å². The van der Waals surface area contributed by atoms with Crippen LogP contribution in [0.5, 0.6) is 0 Å². The lowest BCUT2D eigenvalue weighted by Crippen LogP contribution is -2.58. The van der Waals surface area contributed by atoms with Crippen molar-refractivity contribution in [1.29, 1.82) is 0 Å². The number of hydrogen-bond donors (Lipinski definition) is 3. The maximum Gasteiger partial charge on any atom is 0.410 e. The van der Waals surface area contributed by atoms with Crippen molar-refractivity contribution in [2.75, 3.05) is 19.6 Å². The van der Waals surface area contributed by atoms with Gasteiger partial charge in [0.25, 0.3) is 5.91 Å². The van der Waals surface area contributed by atoms with Gasteiger partial charge in [-0.15, -0.1) is 6.58 Å². The molecule has 0 radical (unpaired) electrons. The Balaban J connectivity index is 1.18. The number of hydrogen-bond acceptors (Lipinski definition) is 8. The average molecular weight is 689 g/mol. The summed E-state index contributed by atoms with van der Waals surface area (Å²) in [6.07, 6.45) is 1.39. The molecule has 5 aliphatic rings. The second kappa shape index (κ2) is 12.7. The largest absolute Gasteiger partial charge is 0.444 e. The number of carbonyl (C=O) groups excluding carboxylic acids is 5. The smallest absolute Gasteiger partial charge is 0.410 e. The molecule has 2 saturated carbocycles. The number of urea groups is 1. The molecule has 14 nitrogen and oxygen atoms in total. The first-order valence-electron chi connectivity index (χ1n) is 16.3. The molecule has 260 valence electrons. The van der Waals surface area contributed by atoms with Crippen LogP contribution in [0.1, 0.15) is 57.1 Å². The highest BCUT2D eigenvalue weighted by Crippen LogP contribution is 2.45. The number of ether oxygens (including phenoxy) is 1. The number of halogens is 1. The fourth-order valence-electron chi connectivity index (χ4n) is 6.66. The molecule has 3 N–H and O–H groups in total. The van der Waals surface area contributed by atoms with Crippen LogP contribution >= 0.6 is 0 Å². The number of sulfonamides is 1. The van der Waals surface area contributed by atoms with E-state index in [0.717, 1.165) is 6.42 Å². The van der Waals surface area contributed by atoms with E-state index in [1.807, 2.05) is 13.8 Å². The predicted molar refractivity (Wildman–Crippen MR) is 169 cm³/mol. The third-order valence-corrected chi connectivity index (χ3v) is 11.6. The first-order chi connectivity index (χ1) is 22.7. The van der Waals surface area contributed by atoms with Gasteiger partial charge in [-0.05, 0) is 43.2 Å². The zero-order valence-electron chi connectivity index (χ0n) is 26.9. The Hall–Kier alpha value is -4.21. The average Bonchev–Trinajstić information content (AvgIpc) is 3.87. The van der Waals surface area contributed by atoms with Gasteiger partial charge in [-0.3, -0.25) is 24.0 Å². The van der Waals surface area contributed by atoms with Crippen molar-refractivity contribution < 1.29 is 41.5 Å². The van der Waals surface area contributed by atoms with Crippen LogP contribution in [-0.2, 0) is 42.2 Å². The van der Waals surface area contributed by atoms with Crippen LogP contribution in [0.3, 0.4) is 0 Å². The molecule has 1 aromatic carbocycles. The zero-order chi connectivity index (χ0) is 34.5. The van der Waals surface area contributed by atoms with E-state index >= 15 is 0 Å². The van der Waals surface area contributed by atoms with Gasteiger partial charge in [-0.2, -0.15) is 0 Å². The number of fused-ring (bicyclic) bond motifs is 1. The Labute approximate surface area is 278 Å². The molecular weight excluding hydrogens is 647 g/mol. The van der Waals surface area contributed by atoms with Crippen LogP contribution in [0.4, 0.5) is 14.0 Å². The molecule has 0 aromatic heterocycles. The molecule has 48 heavy (non-hydrogen) atoms. The molecular formula is C32H41FN6O8S. The van der Waals surface area contributed by atoms with Crippen molar-refractivity contribution in [3.8, 4) is 0 Å². The highest BCUT2D eigenvalue weighted by molar-refractivity contribution is 7.91. The molecule has 3 heterocycles. The quantitative estimate of drug-likeness (QED) is 0.292. The summed E-state index contributed by atoms with van der Waals surface area (Å²) in [7, 11) is -3.91. The Morgan fingerprint density at radius 3 is 2.58 bits per heavy atom. The number of carbonyl (C=O) groups is 5. The Morgan fingerprint density at radius 2 is 1.94 bits per heavy atom. The van der Waals surface area contributed by atoms with Gasteiger partial charge in [-0.25, -0.2) is 22.4 Å². The van der Waals surface area contributed by atoms with Crippen molar-refractivity contribution in [3.05, 3.63) is 47.8 Å². The minimum absolute atomic E-state index is 0.00474. The van der Waals surface area contributed by atoms with Gasteiger partial charge in [0.1, 0.15) is 29.5 Å². The summed E-state index contributed by atoms with van der Waals surface area (Å²) in [5, 5.41) is 4.72. The fourth-order valence-corrected chi connectivity index (χ4v) is 8.02. The lowest BCUT2D eigenvalue weighted by Gasteiger charge is -2.28. The van der Waals surface area contributed by atoms with E-state index in [9.17, 15) is 36.8 Å². The van der Waals surface area contributed by atoms with Crippen LogP contribution < -0.4 is 15.4 Å². The van der Waals surface area contributed by atoms with Crippen LogP contribution in [0.25, 0.3) is 0 Å². The maximum absolute atomic E-state index is 14.3. The molecule has 6 amide bonds. The van der Waals surface area contributed by atoms with E-state index in [1.165, 1.54) is 26.8 Å². The molecule has 2 aliphatic carbocycles. The zero-order valence-corrected chi connectivity index (χ0v) is 27.8. The molecule has 0 unspecified atom stereocenters. The molecule has 16 heteroatoms. The summed E-state index contributed by atoms with van der Waals surface area (Å²) in [4.78, 5) is 71.1. The second-order valence-electron chi connectivity index (χ2n) is 13.8. The first-order valence-corrected chi connectivity index (χ1v) is 17.9. The highest BCUT2D eigenvalue weighted by Gasteiger charge is 2.62. The van der Waals surface area contributed by atoms with Gasteiger partial charge in [0.05, 0.1) is 24.9 Å². The molecule has 4 fully saturated rings. The topological polar surface area (TPSA) is 175 Å². The number of nitrogens with zero attached hydrogens (tertiary/aromatic N) is 3. The lowest BCUT2D eigenvalue weighted by atomic mass is 10.1. The molecule has 1 aromatic rings. The first kappa shape index (κ1) is 33.7. The number of benzene rings is 1. The van der Waals surface area contributed by atoms with E-state index < -0.39 is 80.6 Å². The molecule has 2 saturated heterocycles. The summed E-state index contributed by atoms with van der Waals surface area (Å²) < 4.78 is 47.3. The molecule has 6 rings (SSSR count). The third kappa shape index (κ3) is 6.58. The number of amides is 6. The summed E-state index contributed by atoms with van der Waals surface area (Å²) in [5.41, 5.74) is -0.535. The van der Waals surface area contributed by atoms with Crippen molar-refractivity contribution in [1.82, 2.24) is 30.1 Å².